The molecular formula is C19H26ClNO4SSi. The van der Waals surface area contributed by atoms with Gasteiger partial charge in [-0.15, -0.1) is 6.42 Å². The van der Waals surface area contributed by atoms with E-state index < -0.39 is 30.1 Å². The number of carbonyl (C=O) groups excluding carboxylic acids is 1. The van der Waals surface area contributed by atoms with Crippen LogP contribution in [0, 0.1) is 12.3 Å². The Morgan fingerprint density at radius 3 is 2.33 bits per heavy atom. The van der Waals surface area contributed by atoms with Crippen LogP contribution in [0.2, 0.25) is 30.7 Å². The lowest BCUT2D eigenvalue weighted by Crippen LogP contribution is -2.40. The van der Waals surface area contributed by atoms with Gasteiger partial charge in [0.2, 0.25) is 10.0 Å². The maximum absolute atomic E-state index is 13.1. The molecule has 0 spiro atoms. The summed E-state index contributed by atoms with van der Waals surface area (Å²) in [5.74, 6) is 1.65. The Morgan fingerprint density at radius 2 is 1.89 bits per heavy atom. The molecule has 1 aromatic rings. The average molecular weight is 428 g/mol. The van der Waals surface area contributed by atoms with Gasteiger partial charge in [-0.2, -0.15) is 4.31 Å². The summed E-state index contributed by atoms with van der Waals surface area (Å²) < 4.78 is 32.1. The average Bonchev–Trinajstić information content (AvgIpc) is 2.59. The van der Waals surface area contributed by atoms with Crippen molar-refractivity contribution in [2.24, 2.45) is 0 Å². The lowest BCUT2D eigenvalue weighted by Gasteiger charge is -2.31. The summed E-state index contributed by atoms with van der Waals surface area (Å²) >= 11 is 5.94. The molecule has 0 amide bonds. The molecule has 0 aromatic heterocycles. The predicted octanol–water partition coefficient (Wildman–Crippen LogP) is 3.71. The van der Waals surface area contributed by atoms with Crippen LogP contribution < -0.4 is 0 Å². The Bertz CT molecular complexity index is 823. The van der Waals surface area contributed by atoms with Crippen molar-refractivity contribution in [1.82, 2.24) is 4.31 Å². The van der Waals surface area contributed by atoms with Crippen molar-refractivity contribution in [2.45, 2.75) is 31.7 Å². The van der Waals surface area contributed by atoms with Crippen LogP contribution in [0.5, 0.6) is 0 Å². The number of esters is 1. The molecule has 1 unspecified atom stereocenters. The maximum Gasteiger partial charge on any atom is 0.335 e. The predicted molar refractivity (Wildman–Crippen MR) is 113 cm³/mol. The van der Waals surface area contributed by atoms with Crippen molar-refractivity contribution >= 4 is 35.7 Å². The fourth-order valence-electron chi connectivity index (χ4n) is 2.42. The summed E-state index contributed by atoms with van der Waals surface area (Å²) in [6.45, 7) is 9.88. The molecule has 0 saturated heterocycles. The summed E-state index contributed by atoms with van der Waals surface area (Å²) in [5, 5.41) is 0.492. The topological polar surface area (TPSA) is 63.7 Å². The zero-order valence-corrected chi connectivity index (χ0v) is 18.7. The van der Waals surface area contributed by atoms with Gasteiger partial charge in [0.1, 0.15) is 0 Å². The van der Waals surface area contributed by atoms with Crippen LogP contribution in [0.4, 0.5) is 0 Å². The minimum atomic E-state index is -3.74. The molecule has 148 valence electrons. The highest BCUT2D eigenvalue weighted by molar-refractivity contribution is 7.89. The number of sulfonamides is 1. The highest BCUT2D eigenvalue weighted by atomic mass is 35.5. The largest absolute Gasteiger partial charge is 0.466 e. The van der Waals surface area contributed by atoms with Gasteiger partial charge >= 0.3 is 5.97 Å². The van der Waals surface area contributed by atoms with Gasteiger partial charge in [0.25, 0.3) is 0 Å². The van der Waals surface area contributed by atoms with E-state index in [2.05, 4.69) is 32.1 Å². The van der Waals surface area contributed by atoms with E-state index in [4.69, 9.17) is 22.8 Å². The molecule has 0 saturated carbocycles. The fraction of sp³-hybridized carbons (Fsp3) is 0.421. The van der Waals surface area contributed by atoms with Crippen molar-refractivity contribution in [3.8, 4) is 12.3 Å². The Morgan fingerprint density at radius 1 is 1.33 bits per heavy atom. The Balaban J connectivity index is 3.44. The van der Waals surface area contributed by atoms with E-state index in [9.17, 15) is 13.2 Å². The molecule has 0 N–H and O–H groups in total. The number of halogens is 1. The Labute approximate surface area is 168 Å². The molecule has 0 aliphatic carbocycles. The third-order valence-electron chi connectivity index (χ3n) is 3.97. The number of benzene rings is 1. The molecular weight excluding hydrogens is 402 g/mol. The minimum absolute atomic E-state index is 0.00773. The molecule has 1 rings (SSSR count). The van der Waals surface area contributed by atoms with Crippen LogP contribution in [0.1, 0.15) is 11.6 Å². The van der Waals surface area contributed by atoms with Crippen molar-refractivity contribution in [1.29, 1.82) is 0 Å². The van der Waals surface area contributed by atoms with Crippen molar-refractivity contribution in [2.75, 3.05) is 19.4 Å². The highest BCUT2D eigenvalue weighted by Gasteiger charge is 2.35. The molecule has 0 radical (unpaired) electrons. The molecule has 0 bridgehead atoms. The SMILES string of the molecule is C#CCN(C(C(=C)C(=O)OC)c1ccc(Cl)cc1)S(=O)(=O)CC[Si](C)(C)C. The summed E-state index contributed by atoms with van der Waals surface area (Å²) in [7, 11) is -4.12. The summed E-state index contributed by atoms with van der Waals surface area (Å²) in [4.78, 5) is 12.1. The van der Waals surface area contributed by atoms with Gasteiger partial charge in [0.05, 0.1) is 31.0 Å². The van der Waals surface area contributed by atoms with Crippen LogP contribution in [-0.4, -0.2) is 46.2 Å². The molecule has 0 aliphatic heterocycles. The molecule has 0 heterocycles. The first-order valence-corrected chi connectivity index (χ1v) is 14.1. The minimum Gasteiger partial charge on any atom is -0.466 e. The number of hydrogen-bond donors (Lipinski definition) is 0. The zero-order chi connectivity index (χ0) is 20.8. The summed E-state index contributed by atoms with van der Waals surface area (Å²) in [5.41, 5.74) is 0.535. The van der Waals surface area contributed by atoms with Crippen LogP contribution in [0.15, 0.2) is 36.4 Å². The van der Waals surface area contributed by atoms with Crippen LogP contribution >= 0.6 is 11.6 Å². The Kier molecular flexibility index (Phi) is 8.30. The number of rotatable bonds is 9. The molecule has 0 aliphatic rings. The third kappa shape index (κ3) is 6.81. The molecule has 1 atom stereocenters. The number of methoxy groups -OCH3 is 1. The quantitative estimate of drug-likeness (QED) is 0.261. The summed E-state index contributed by atoms with van der Waals surface area (Å²) in [6.07, 6.45) is 5.44. The second-order valence-electron chi connectivity index (χ2n) is 7.35. The van der Waals surface area contributed by atoms with E-state index in [0.717, 1.165) is 4.31 Å². The molecule has 8 heteroatoms. The van der Waals surface area contributed by atoms with Crippen molar-refractivity contribution in [3.63, 3.8) is 0 Å². The first kappa shape index (κ1) is 23.4. The van der Waals surface area contributed by atoms with E-state index in [1.165, 1.54) is 7.11 Å². The van der Waals surface area contributed by atoms with Gasteiger partial charge in [-0.3, -0.25) is 0 Å². The number of terminal acetylenes is 1. The van der Waals surface area contributed by atoms with E-state index in [0.29, 0.717) is 16.6 Å². The summed E-state index contributed by atoms with van der Waals surface area (Å²) in [6, 6.07) is 6.16. The standard InChI is InChI=1S/C19H26ClNO4SSi/c1-7-12-21(26(23,24)13-14-27(4,5)6)18(15(2)19(22)25-3)16-8-10-17(20)11-9-16/h1,8-11,18H,2,12-14H2,3-6H3. The second-order valence-corrected chi connectivity index (χ2v) is 15.4. The Hall–Kier alpha value is -1.59. The first-order chi connectivity index (χ1) is 12.4. The fourth-order valence-corrected chi connectivity index (χ4v) is 7.10. The van der Waals surface area contributed by atoms with Gasteiger partial charge in [0.15, 0.2) is 0 Å². The van der Waals surface area contributed by atoms with Gasteiger partial charge in [-0.05, 0) is 23.7 Å². The molecule has 27 heavy (non-hydrogen) atoms. The van der Waals surface area contributed by atoms with E-state index in [1.807, 2.05) is 0 Å². The van der Waals surface area contributed by atoms with E-state index in [-0.39, 0.29) is 17.9 Å². The van der Waals surface area contributed by atoms with Crippen LogP contribution in [0.3, 0.4) is 0 Å². The van der Waals surface area contributed by atoms with E-state index >= 15 is 0 Å². The van der Waals surface area contributed by atoms with Crippen molar-refractivity contribution < 1.29 is 17.9 Å². The highest BCUT2D eigenvalue weighted by Crippen LogP contribution is 2.32. The number of nitrogens with zero attached hydrogens (tertiary/aromatic N) is 1. The number of ether oxygens (including phenoxy) is 1. The lowest BCUT2D eigenvalue weighted by atomic mass is 10.00. The molecule has 0 fully saturated rings. The van der Waals surface area contributed by atoms with Gasteiger partial charge < -0.3 is 4.74 Å². The van der Waals surface area contributed by atoms with Gasteiger partial charge in [-0.25, -0.2) is 13.2 Å². The smallest absolute Gasteiger partial charge is 0.335 e. The van der Waals surface area contributed by atoms with Gasteiger partial charge in [0, 0.05) is 13.1 Å². The number of carbonyl (C=O) groups is 1. The zero-order valence-electron chi connectivity index (χ0n) is 16.2. The maximum atomic E-state index is 13.1. The monoisotopic (exact) mass is 427 g/mol. The normalized spacial score (nSPS) is 13.1. The van der Waals surface area contributed by atoms with Gasteiger partial charge in [-0.1, -0.05) is 55.9 Å². The third-order valence-corrected chi connectivity index (χ3v) is 8.10. The van der Waals surface area contributed by atoms with Crippen LogP contribution in [0.25, 0.3) is 0 Å². The second kappa shape index (κ2) is 9.56. The molecule has 5 nitrogen and oxygen atoms in total. The van der Waals surface area contributed by atoms with Crippen molar-refractivity contribution in [3.05, 3.63) is 47.0 Å². The lowest BCUT2D eigenvalue weighted by molar-refractivity contribution is -0.136. The van der Waals surface area contributed by atoms with E-state index in [1.54, 1.807) is 24.3 Å². The first-order valence-electron chi connectivity index (χ1n) is 8.38. The molecule has 1 aromatic carbocycles. The van der Waals surface area contributed by atoms with Crippen LogP contribution in [-0.2, 0) is 19.6 Å². The number of hydrogen-bond acceptors (Lipinski definition) is 4.